The monoisotopic (exact) mass is 289 g/mol. The Bertz CT molecular complexity index is 592. The Morgan fingerprint density at radius 2 is 2.05 bits per heavy atom. The number of carbonyl (C=O) groups is 1. The third kappa shape index (κ3) is 4.30. The Hall–Kier alpha value is -2.37. The Labute approximate surface area is 123 Å². The van der Waals surface area contributed by atoms with Gasteiger partial charge in [-0.05, 0) is 19.1 Å². The van der Waals surface area contributed by atoms with Crippen molar-refractivity contribution in [3.8, 4) is 0 Å². The number of hydrogen-bond acceptors (Lipinski definition) is 5. The first-order valence-electron chi connectivity index (χ1n) is 6.93. The molecule has 0 amide bonds. The van der Waals surface area contributed by atoms with Gasteiger partial charge in [-0.3, -0.25) is 4.79 Å². The zero-order valence-electron chi connectivity index (χ0n) is 12.2. The van der Waals surface area contributed by atoms with Crippen molar-refractivity contribution in [1.29, 1.82) is 0 Å². The van der Waals surface area contributed by atoms with Crippen molar-refractivity contribution in [1.82, 2.24) is 10.1 Å². The van der Waals surface area contributed by atoms with Crippen LogP contribution in [0.3, 0.4) is 0 Å². The zero-order valence-corrected chi connectivity index (χ0v) is 12.2. The Balaban J connectivity index is 2.14. The van der Waals surface area contributed by atoms with E-state index in [1.54, 1.807) is 0 Å². The minimum absolute atomic E-state index is 0.0582. The molecule has 0 unspecified atom stereocenters. The van der Waals surface area contributed by atoms with E-state index in [9.17, 15) is 4.79 Å². The van der Waals surface area contributed by atoms with Crippen LogP contribution in [0.4, 0.5) is 5.69 Å². The highest BCUT2D eigenvalue weighted by Crippen LogP contribution is 2.18. The van der Waals surface area contributed by atoms with Crippen LogP contribution in [0.2, 0.25) is 0 Å². The van der Waals surface area contributed by atoms with Gasteiger partial charge in [0.1, 0.15) is 0 Å². The van der Waals surface area contributed by atoms with Crippen molar-refractivity contribution in [2.24, 2.45) is 0 Å². The van der Waals surface area contributed by atoms with E-state index in [-0.39, 0.29) is 6.42 Å². The van der Waals surface area contributed by atoms with Crippen LogP contribution in [-0.4, -0.2) is 27.8 Å². The van der Waals surface area contributed by atoms with Gasteiger partial charge in [-0.2, -0.15) is 4.98 Å². The van der Waals surface area contributed by atoms with Gasteiger partial charge < -0.3 is 14.5 Å². The number of rotatable bonds is 7. The lowest BCUT2D eigenvalue weighted by Crippen LogP contribution is -2.25. The van der Waals surface area contributed by atoms with Crippen LogP contribution in [-0.2, 0) is 17.8 Å². The maximum absolute atomic E-state index is 10.8. The number of aromatic nitrogens is 2. The van der Waals surface area contributed by atoms with Crippen molar-refractivity contribution in [3.63, 3.8) is 0 Å². The highest BCUT2D eigenvalue weighted by atomic mass is 16.5. The molecule has 0 spiro atoms. The predicted molar refractivity (Wildman–Crippen MR) is 78.2 cm³/mol. The van der Waals surface area contributed by atoms with Crippen LogP contribution in [0.25, 0.3) is 0 Å². The fourth-order valence-electron chi connectivity index (χ4n) is 1.95. The summed E-state index contributed by atoms with van der Waals surface area (Å²) in [6.07, 6.45) is 0.770. The molecule has 0 saturated heterocycles. The topological polar surface area (TPSA) is 79.5 Å². The Morgan fingerprint density at radius 3 is 2.62 bits per heavy atom. The third-order valence-corrected chi connectivity index (χ3v) is 3.15. The van der Waals surface area contributed by atoms with Gasteiger partial charge in [0, 0.05) is 18.7 Å². The summed E-state index contributed by atoms with van der Waals surface area (Å²) in [7, 11) is 0. The number of anilines is 1. The van der Waals surface area contributed by atoms with Crippen molar-refractivity contribution in [3.05, 3.63) is 41.5 Å². The van der Waals surface area contributed by atoms with E-state index >= 15 is 0 Å². The van der Waals surface area contributed by atoms with Gasteiger partial charge in [0.15, 0.2) is 5.82 Å². The molecule has 6 nitrogen and oxygen atoms in total. The van der Waals surface area contributed by atoms with Crippen LogP contribution in [0.1, 0.15) is 30.6 Å². The molecule has 2 rings (SSSR count). The molecule has 2 aromatic rings. The lowest BCUT2D eigenvalue weighted by Gasteiger charge is -2.22. The number of carboxylic acid groups (broad SMARTS) is 1. The standard InChI is InChI=1S/C15H19N3O3/c1-3-13-16-14(21-17-13)10-18(9-8-15(19)20)12-6-4-11(2)5-7-12/h4-7H,3,8-10H2,1-2H3,(H,19,20). The van der Waals surface area contributed by atoms with Crippen molar-refractivity contribution < 1.29 is 14.4 Å². The molecule has 21 heavy (non-hydrogen) atoms. The van der Waals surface area contributed by atoms with Gasteiger partial charge in [-0.1, -0.05) is 29.8 Å². The Morgan fingerprint density at radius 1 is 1.33 bits per heavy atom. The average molecular weight is 289 g/mol. The van der Waals surface area contributed by atoms with Gasteiger partial charge in [-0.25, -0.2) is 0 Å². The van der Waals surface area contributed by atoms with Crippen LogP contribution < -0.4 is 4.90 Å². The number of nitrogens with zero attached hydrogens (tertiary/aromatic N) is 3. The molecule has 6 heteroatoms. The summed E-state index contributed by atoms with van der Waals surface area (Å²) in [4.78, 5) is 17.0. The van der Waals surface area contributed by atoms with E-state index in [1.165, 1.54) is 0 Å². The SMILES string of the molecule is CCc1noc(CN(CCC(=O)O)c2ccc(C)cc2)n1. The van der Waals surface area contributed by atoms with Gasteiger partial charge in [0.2, 0.25) is 5.89 Å². The van der Waals surface area contributed by atoms with E-state index in [0.717, 1.165) is 11.3 Å². The summed E-state index contributed by atoms with van der Waals surface area (Å²) in [6.45, 7) is 4.76. The summed E-state index contributed by atoms with van der Waals surface area (Å²) in [6, 6.07) is 7.92. The lowest BCUT2D eigenvalue weighted by atomic mass is 10.2. The van der Waals surface area contributed by atoms with Crippen molar-refractivity contribution in [2.75, 3.05) is 11.4 Å². The zero-order chi connectivity index (χ0) is 15.2. The van der Waals surface area contributed by atoms with Crippen LogP contribution >= 0.6 is 0 Å². The van der Waals surface area contributed by atoms with E-state index in [0.29, 0.717) is 31.2 Å². The fourth-order valence-corrected chi connectivity index (χ4v) is 1.95. The number of hydrogen-bond donors (Lipinski definition) is 1. The van der Waals surface area contributed by atoms with E-state index in [1.807, 2.05) is 43.0 Å². The molecule has 1 aromatic heterocycles. The van der Waals surface area contributed by atoms with E-state index in [4.69, 9.17) is 9.63 Å². The minimum Gasteiger partial charge on any atom is -0.481 e. The molecule has 0 radical (unpaired) electrons. The first-order chi connectivity index (χ1) is 10.1. The highest BCUT2D eigenvalue weighted by molar-refractivity contribution is 5.67. The smallest absolute Gasteiger partial charge is 0.305 e. The number of benzene rings is 1. The van der Waals surface area contributed by atoms with Gasteiger partial charge in [0.05, 0.1) is 13.0 Å². The molecule has 0 saturated carbocycles. The highest BCUT2D eigenvalue weighted by Gasteiger charge is 2.13. The summed E-state index contributed by atoms with van der Waals surface area (Å²) in [5.41, 5.74) is 2.10. The van der Waals surface area contributed by atoms with E-state index < -0.39 is 5.97 Å². The summed E-state index contributed by atoms with van der Waals surface area (Å²) in [5, 5.41) is 12.7. The molecule has 1 N–H and O–H groups in total. The Kier molecular flexibility index (Phi) is 4.92. The minimum atomic E-state index is -0.827. The summed E-state index contributed by atoms with van der Waals surface area (Å²) >= 11 is 0. The molecule has 0 aliphatic heterocycles. The molecule has 1 heterocycles. The maximum Gasteiger partial charge on any atom is 0.305 e. The first-order valence-corrected chi connectivity index (χ1v) is 6.93. The lowest BCUT2D eigenvalue weighted by molar-refractivity contribution is -0.136. The largest absolute Gasteiger partial charge is 0.481 e. The molecule has 0 aliphatic carbocycles. The predicted octanol–water partition coefficient (Wildman–Crippen LogP) is 2.42. The quantitative estimate of drug-likeness (QED) is 0.843. The summed E-state index contributed by atoms with van der Waals surface area (Å²) < 4.78 is 5.19. The van der Waals surface area contributed by atoms with E-state index in [2.05, 4.69) is 10.1 Å². The van der Waals surface area contributed by atoms with Gasteiger partial charge in [-0.15, -0.1) is 0 Å². The molecule has 0 aliphatic rings. The number of carboxylic acids is 1. The number of aryl methyl sites for hydroxylation is 2. The molecular weight excluding hydrogens is 270 g/mol. The fraction of sp³-hybridized carbons (Fsp3) is 0.400. The molecule has 0 bridgehead atoms. The molecular formula is C15H19N3O3. The average Bonchev–Trinajstić information content (AvgIpc) is 2.92. The normalized spacial score (nSPS) is 10.6. The molecule has 112 valence electrons. The van der Waals surface area contributed by atoms with Crippen molar-refractivity contribution in [2.45, 2.75) is 33.2 Å². The van der Waals surface area contributed by atoms with Crippen LogP contribution in [0.5, 0.6) is 0 Å². The van der Waals surface area contributed by atoms with Gasteiger partial charge >= 0.3 is 5.97 Å². The maximum atomic E-state index is 10.8. The second kappa shape index (κ2) is 6.88. The van der Waals surface area contributed by atoms with Crippen LogP contribution in [0.15, 0.2) is 28.8 Å². The second-order valence-electron chi connectivity index (χ2n) is 4.86. The van der Waals surface area contributed by atoms with Crippen molar-refractivity contribution >= 4 is 11.7 Å². The second-order valence-corrected chi connectivity index (χ2v) is 4.86. The summed E-state index contributed by atoms with van der Waals surface area (Å²) in [5.74, 6) is 0.330. The first kappa shape index (κ1) is 15.0. The molecule has 0 atom stereocenters. The molecule has 0 fully saturated rings. The van der Waals surface area contributed by atoms with Crippen LogP contribution in [0, 0.1) is 6.92 Å². The third-order valence-electron chi connectivity index (χ3n) is 3.15. The number of aliphatic carboxylic acids is 1. The van der Waals surface area contributed by atoms with Gasteiger partial charge in [0.25, 0.3) is 0 Å². The molecule has 1 aromatic carbocycles.